The molecule has 1 heterocycles. The van der Waals surface area contributed by atoms with Crippen molar-refractivity contribution in [3.8, 4) is 0 Å². The van der Waals surface area contributed by atoms with Gasteiger partial charge in [-0.15, -0.1) is 10.2 Å². The maximum atomic E-state index is 9.58. The summed E-state index contributed by atoms with van der Waals surface area (Å²) >= 11 is 0. The summed E-state index contributed by atoms with van der Waals surface area (Å²) in [4.78, 5) is 0. The lowest BCUT2D eigenvalue weighted by molar-refractivity contribution is 0.0136. The number of hydrogen-bond acceptors (Lipinski definition) is 6. The van der Waals surface area contributed by atoms with Gasteiger partial charge in [-0.2, -0.15) is 0 Å². The Morgan fingerprint density at radius 2 is 2.35 bits per heavy atom. The number of aliphatic hydroxyl groups is 1. The first-order valence-electron chi connectivity index (χ1n) is 5.52. The van der Waals surface area contributed by atoms with Crippen LogP contribution in [0, 0.1) is 0 Å². The first kappa shape index (κ1) is 14.0. The zero-order valence-corrected chi connectivity index (χ0v) is 10.3. The molecular weight excluding hydrogens is 224 g/mol. The maximum absolute atomic E-state index is 9.58. The van der Waals surface area contributed by atoms with E-state index in [0.717, 1.165) is 5.82 Å². The van der Waals surface area contributed by atoms with Crippen molar-refractivity contribution in [1.29, 1.82) is 0 Å². The number of aromatic nitrogens is 3. The van der Waals surface area contributed by atoms with Crippen molar-refractivity contribution in [2.45, 2.75) is 12.6 Å². The van der Waals surface area contributed by atoms with E-state index in [0.29, 0.717) is 32.9 Å². The highest BCUT2D eigenvalue weighted by molar-refractivity contribution is 4.83. The third kappa shape index (κ3) is 5.73. The number of nitrogens with one attached hydrogen (secondary N) is 1. The fourth-order valence-electron chi connectivity index (χ4n) is 1.24. The summed E-state index contributed by atoms with van der Waals surface area (Å²) < 4.78 is 11.9. The lowest BCUT2D eigenvalue weighted by atomic mass is 10.3. The van der Waals surface area contributed by atoms with Gasteiger partial charge in [-0.05, 0) is 0 Å². The number of aliphatic hydroxyl groups excluding tert-OH is 1. The second kappa shape index (κ2) is 8.13. The van der Waals surface area contributed by atoms with Gasteiger partial charge in [0.2, 0.25) is 0 Å². The van der Waals surface area contributed by atoms with E-state index in [1.54, 1.807) is 13.4 Å². The Kier molecular flexibility index (Phi) is 6.71. The molecule has 0 radical (unpaired) electrons. The van der Waals surface area contributed by atoms with Crippen molar-refractivity contribution in [3.05, 3.63) is 12.2 Å². The van der Waals surface area contributed by atoms with Crippen LogP contribution in [0.2, 0.25) is 0 Å². The number of methoxy groups -OCH3 is 1. The largest absolute Gasteiger partial charge is 0.389 e. The molecule has 0 spiro atoms. The molecule has 0 aliphatic heterocycles. The van der Waals surface area contributed by atoms with Gasteiger partial charge in [-0.3, -0.25) is 0 Å². The van der Waals surface area contributed by atoms with Gasteiger partial charge in [-0.1, -0.05) is 0 Å². The lowest BCUT2D eigenvalue weighted by Gasteiger charge is -2.11. The Morgan fingerprint density at radius 1 is 1.53 bits per heavy atom. The van der Waals surface area contributed by atoms with Gasteiger partial charge in [0.05, 0.1) is 32.5 Å². The summed E-state index contributed by atoms with van der Waals surface area (Å²) in [6.45, 7) is 2.37. The smallest absolute Gasteiger partial charge is 0.146 e. The molecule has 98 valence electrons. The molecule has 1 aromatic rings. The Balaban J connectivity index is 2.04. The van der Waals surface area contributed by atoms with Crippen molar-refractivity contribution in [3.63, 3.8) is 0 Å². The van der Waals surface area contributed by atoms with Crippen LogP contribution in [-0.2, 0) is 23.1 Å². The van der Waals surface area contributed by atoms with Crippen molar-refractivity contribution < 1.29 is 14.6 Å². The quantitative estimate of drug-likeness (QED) is 0.538. The summed E-state index contributed by atoms with van der Waals surface area (Å²) in [7, 11) is 3.49. The highest BCUT2D eigenvalue weighted by Crippen LogP contribution is 1.91. The minimum absolute atomic E-state index is 0.301. The number of rotatable bonds is 9. The van der Waals surface area contributed by atoms with E-state index < -0.39 is 6.10 Å². The van der Waals surface area contributed by atoms with Crippen molar-refractivity contribution in [1.82, 2.24) is 20.1 Å². The molecular formula is C10H20N4O3. The topological polar surface area (TPSA) is 81.4 Å². The van der Waals surface area contributed by atoms with Crippen LogP contribution < -0.4 is 5.32 Å². The molecule has 7 heteroatoms. The zero-order chi connectivity index (χ0) is 12.5. The normalized spacial score (nSPS) is 12.9. The highest BCUT2D eigenvalue weighted by Gasteiger charge is 2.05. The molecule has 0 aliphatic carbocycles. The second-order valence-electron chi connectivity index (χ2n) is 3.71. The molecule has 1 rings (SSSR count). The van der Waals surface area contributed by atoms with Crippen LogP contribution in [0.25, 0.3) is 0 Å². The summed E-state index contributed by atoms with van der Waals surface area (Å²) in [6, 6.07) is 0. The van der Waals surface area contributed by atoms with Crippen LogP contribution in [0.3, 0.4) is 0 Å². The van der Waals surface area contributed by atoms with Crippen molar-refractivity contribution in [2.75, 3.05) is 33.5 Å². The molecule has 0 amide bonds. The number of ether oxygens (including phenoxy) is 2. The van der Waals surface area contributed by atoms with Crippen LogP contribution in [-0.4, -0.2) is 59.5 Å². The highest BCUT2D eigenvalue weighted by atomic mass is 16.5. The van der Waals surface area contributed by atoms with E-state index in [2.05, 4.69) is 15.5 Å². The molecule has 0 aromatic carbocycles. The molecule has 0 fully saturated rings. The Morgan fingerprint density at radius 3 is 3.00 bits per heavy atom. The van der Waals surface area contributed by atoms with Crippen molar-refractivity contribution >= 4 is 0 Å². The van der Waals surface area contributed by atoms with Gasteiger partial charge in [0.1, 0.15) is 12.2 Å². The Hall–Kier alpha value is -1.02. The van der Waals surface area contributed by atoms with Crippen molar-refractivity contribution in [2.24, 2.45) is 7.05 Å². The fourth-order valence-corrected chi connectivity index (χ4v) is 1.24. The molecule has 2 N–H and O–H groups in total. The molecule has 17 heavy (non-hydrogen) atoms. The number of aryl methyl sites for hydroxylation is 1. The summed E-state index contributed by atoms with van der Waals surface area (Å²) in [5.74, 6) is 0.831. The SMILES string of the molecule is COCCOCC(O)CNCc1nncn1C. The van der Waals surface area contributed by atoms with E-state index in [1.165, 1.54) is 0 Å². The third-order valence-electron chi connectivity index (χ3n) is 2.21. The molecule has 0 saturated carbocycles. The van der Waals surface area contributed by atoms with Crippen LogP contribution in [0.15, 0.2) is 6.33 Å². The van der Waals surface area contributed by atoms with Gasteiger partial charge >= 0.3 is 0 Å². The van der Waals surface area contributed by atoms with Gasteiger partial charge < -0.3 is 24.5 Å². The van der Waals surface area contributed by atoms with Gasteiger partial charge in [-0.25, -0.2) is 0 Å². The van der Waals surface area contributed by atoms with E-state index in [-0.39, 0.29) is 0 Å². The summed E-state index contributed by atoms with van der Waals surface area (Å²) in [6.07, 6.45) is 1.11. The molecule has 1 atom stereocenters. The fraction of sp³-hybridized carbons (Fsp3) is 0.800. The lowest BCUT2D eigenvalue weighted by Crippen LogP contribution is -2.31. The second-order valence-corrected chi connectivity index (χ2v) is 3.71. The van der Waals surface area contributed by atoms with Crippen LogP contribution in [0.5, 0.6) is 0 Å². The molecule has 1 unspecified atom stereocenters. The first-order valence-corrected chi connectivity index (χ1v) is 5.52. The van der Waals surface area contributed by atoms with Crippen LogP contribution in [0.1, 0.15) is 5.82 Å². The monoisotopic (exact) mass is 244 g/mol. The van der Waals surface area contributed by atoms with E-state index in [1.807, 2.05) is 11.6 Å². The minimum Gasteiger partial charge on any atom is -0.389 e. The maximum Gasteiger partial charge on any atom is 0.146 e. The molecule has 0 aliphatic rings. The van der Waals surface area contributed by atoms with E-state index >= 15 is 0 Å². The Bertz CT molecular complexity index is 305. The van der Waals surface area contributed by atoms with Gasteiger partial charge in [0.25, 0.3) is 0 Å². The average Bonchev–Trinajstić information content (AvgIpc) is 2.71. The molecule has 0 bridgehead atoms. The third-order valence-corrected chi connectivity index (χ3v) is 2.21. The predicted octanol–water partition coefficient (Wildman–Crippen LogP) is -1.07. The van der Waals surface area contributed by atoms with Crippen LogP contribution >= 0.6 is 0 Å². The molecule has 1 aromatic heterocycles. The standard InChI is InChI=1S/C10H20N4O3/c1-14-8-12-13-10(14)6-11-5-9(15)7-17-4-3-16-2/h8-9,11,15H,3-7H2,1-2H3. The van der Waals surface area contributed by atoms with E-state index in [4.69, 9.17) is 9.47 Å². The first-order chi connectivity index (χ1) is 8.24. The summed E-state index contributed by atoms with van der Waals surface area (Å²) in [5.41, 5.74) is 0. The number of hydrogen-bond donors (Lipinski definition) is 2. The molecule has 7 nitrogen and oxygen atoms in total. The summed E-state index contributed by atoms with van der Waals surface area (Å²) in [5, 5.41) is 20.3. The Labute approximate surface area is 101 Å². The molecule has 0 saturated heterocycles. The zero-order valence-electron chi connectivity index (χ0n) is 10.3. The van der Waals surface area contributed by atoms with Gasteiger partial charge in [0, 0.05) is 20.7 Å². The van der Waals surface area contributed by atoms with Crippen LogP contribution in [0.4, 0.5) is 0 Å². The average molecular weight is 244 g/mol. The van der Waals surface area contributed by atoms with E-state index in [9.17, 15) is 5.11 Å². The predicted molar refractivity (Wildman–Crippen MR) is 61.4 cm³/mol. The number of nitrogens with zero attached hydrogens (tertiary/aromatic N) is 3. The minimum atomic E-state index is -0.528. The van der Waals surface area contributed by atoms with Gasteiger partial charge in [0.15, 0.2) is 0 Å².